The van der Waals surface area contributed by atoms with Crippen molar-refractivity contribution in [2.75, 3.05) is 19.0 Å². The summed E-state index contributed by atoms with van der Waals surface area (Å²) in [5.74, 6) is 2.02. The highest BCUT2D eigenvalue weighted by molar-refractivity contribution is 7.80. The van der Waals surface area contributed by atoms with E-state index in [0.717, 1.165) is 23.5 Å². The average molecular weight is 266 g/mol. The maximum Gasteiger partial charge on any atom is 0.120 e. The normalized spacial score (nSPS) is 12.3. The minimum absolute atomic E-state index is 0.400. The predicted octanol–water partition coefficient (Wildman–Crippen LogP) is 3.03. The molecule has 0 aromatic heterocycles. The molecule has 0 aliphatic rings. The van der Waals surface area contributed by atoms with E-state index in [-0.39, 0.29) is 0 Å². The second-order valence-electron chi connectivity index (χ2n) is 4.88. The smallest absolute Gasteiger partial charge is 0.120 e. The zero-order valence-electron chi connectivity index (χ0n) is 11.5. The van der Waals surface area contributed by atoms with E-state index in [1.54, 1.807) is 7.11 Å². The quantitative estimate of drug-likeness (QED) is 0.777. The van der Waals surface area contributed by atoms with Crippen molar-refractivity contribution in [3.8, 4) is 5.75 Å². The molecule has 0 bridgehead atoms. The van der Waals surface area contributed by atoms with Crippen molar-refractivity contribution in [2.24, 2.45) is 17.6 Å². The van der Waals surface area contributed by atoms with E-state index >= 15 is 0 Å². The largest absolute Gasteiger partial charge is 0.497 e. The summed E-state index contributed by atoms with van der Waals surface area (Å²) in [6, 6.07) is 5.69. The molecule has 4 heteroatoms. The first-order valence-corrected chi connectivity index (χ1v) is 6.58. The lowest BCUT2D eigenvalue weighted by molar-refractivity contribution is 0.414. The van der Waals surface area contributed by atoms with Crippen LogP contribution in [0, 0.1) is 11.8 Å². The highest BCUT2D eigenvalue weighted by Gasteiger charge is 2.10. The summed E-state index contributed by atoms with van der Waals surface area (Å²) in [4.78, 5) is 0.400. The highest BCUT2D eigenvalue weighted by Crippen LogP contribution is 2.23. The van der Waals surface area contributed by atoms with Crippen molar-refractivity contribution < 1.29 is 4.74 Å². The highest BCUT2D eigenvalue weighted by atomic mass is 32.1. The molecule has 0 amide bonds. The Labute approximate surface area is 115 Å². The van der Waals surface area contributed by atoms with Crippen LogP contribution in [0.25, 0.3) is 0 Å². The molecule has 3 nitrogen and oxygen atoms in total. The average Bonchev–Trinajstić information content (AvgIpc) is 2.34. The first-order chi connectivity index (χ1) is 8.45. The van der Waals surface area contributed by atoms with Crippen LogP contribution >= 0.6 is 12.2 Å². The second kappa shape index (κ2) is 6.59. The van der Waals surface area contributed by atoms with Gasteiger partial charge in [0.25, 0.3) is 0 Å². The Hall–Kier alpha value is -1.29. The number of nitrogens with two attached hydrogens (primary N) is 1. The summed E-state index contributed by atoms with van der Waals surface area (Å²) in [5.41, 5.74) is 7.52. The molecule has 1 atom stereocenters. The first kappa shape index (κ1) is 14.8. The Bertz CT molecular complexity index is 418. The van der Waals surface area contributed by atoms with Gasteiger partial charge in [-0.1, -0.05) is 33.0 Å². The fourth-order valence-corrected chi connectivity index (χ4v) is 1.70. The summed E-state index contributed by atoms with van der Waals surface area (Å²) in [7, 11) is 1.65. The van der Waals surface area contributed by atoms with Crippen molar-refractivity contribution in [3.05, 3.63) is 23.8 Å². The Balaban J connectivity index is 2.87. The molecule has 100 valence electrons. The molecular formula is C14H22N2OS. The van der Waals surface area contributed by atoms with Gasteiger partial charge in [-0.15, -0.1) is 0 Å². The molecule has 0 aliphatic carbocycles. The van der Waals surface area contributed by atoms with Crippen LogP contribution in [0.5, 0.6) is 5.75 Å². The van der Waals surface area contributed by atoms with E-state index in [9.17, 15) is 0 Å². The van der Waals surface area contributed by atoms with E-state index in [2.05, 4.69) is 26.1 Å². The molecule has 0 radical (unpaired) electrons. The number of ether oxygens (including phenoxy) is 1. The van der Waals surface area contributed by atoms with E-state index in [1.807, 2.05) is 18.2 Å². The van der Waals surface area contributed by atoms with Crippen molar-refractivity contribution in [3.63, 3.8) is 0 Å². The van der Waals surface area contributed by atoms with Gasteiger partial charge in [0.15, 0.2) is 0 Å². The Morgan fingerprint density at radius 2 is 2.06 bits per heavy atom. The molecule has 1 unspecified atom stereocenters. The first-order valence-electron chi connectivity index (χ1n) is 6.17. The van der Waals surface area contributed by atoms with Crippen molar-refractivity contribution >= 4 is 22.9 Å². The van der Waals surface area contributed by atoms with Crippen molar-refractivity contribution in [1.82, 2.24) is 0 Å². The van der Waals surface area contributed by atoms with Gasteiger partial charge < -0.3 is 15.8 Å². The van der Waals surface area contributed by atoms with E-state index < -0.39 is 0 Å². The van der Waals surface area contributed by atoms with Gasteiger partial charge in [0.2, 0.25) is 0 Å². The lowest BCUT2D eigenvalue weighted by Crippen LogP contribution is -2.19. The minimum atomic E-state index is 0.400. The third kappa shape index (κ3) is 3.88. The molecule has 0 fully saturated rings. The number of rotatable bonds is 6. The SMILES string of the molecule is COc1ccc(C(N)=S)c(NCC(C)C(C)C)c1. The van der Waals surface area contributed by atoms with Crippen molar-refractivity contribution in [2.45, 2.75) is 20.8 Å². The lowest BCUT2D eigenvalue weighted by Gasteiger charge is -2.19. The Morgan fingerprint density at radius 1 is 1.39 bits per heavy atom. The van der Waals surface area contributed by atoms with Gasteiger partial charge in [-0.25, -0.2) is 0 Å². The fraction of sp³-hybridized carbons (Fsp3) is 0.500. The standard InChI is InChI=1S/C14H22N2OS/c1-9(2)10(3)8-16-13-7-11(17-4)5-6-12(13)14(15)18/h5-7,9-10,16H,8H2,1-4H3,(H2,15,18). The van der Waals surface area contributed by atoms with Crippen LogP contribution in [0.1, 0.15) is 26.3 Å². The van der Waals surface area contributed by atoms with E-state index in [0.29, 0.717) is 16.8 Å². The van der Waals surface area contributed by atoms with Crippen molar-refractivity contribution in [1.29, 1.82) is 0 Å². The van der Waals surface area contributed by atoms with Gasteiger partial charge in [0, 0.05) is 23.9 Å². The lowest BCUT2D eigenvalue weighted by atomic mass is 9.98. The number of thiocarbonyl (C=S) groups is 1. The number of methoxy groups -OCH3 is 1. The molecular weight excluding hydrogens is 244 g/mol. The maximum atomic E-state index is 5.72. The number of hydrogen-bond donors (Lipinski definition) is 2. The number of nitrogens with one attached hydrogen (secondary N) is 1. The molecule has 0 aliphatic heterocycles. The summed E-state index contributed by atoms with van der Waals surface area (Å²) in [6.45, 7) is 7.54. The van der Waals surface area contributed by atoms with Crippen LogP contribution in [-0.2, 0) is 0 Å². The van der Waals surface area contributed by atoms with Crippen LogP contribution in [-0.4, -0.2) is 18.6 Å². The number of anilines is 1. The van der Waals surface area contributed by atoms with Gasteiger partial charge in [-0.05, 0) is 24.0 Å². The summed E-state index contributed by atoms with van der Waals surface area (Å²) >= 11 is 5.06. The van der Waals surface area contributed by atoms with Crippen LogP contribution in [0.15, 0.2) is 18.2 Å². The van der Waals surface area contributed by atoms with Gasteiger partial charge in [-0.3, -0.25) is 0 Å². The second-order valence-corrected chi connectivity index (χ2v) is 5.32. The molecule has 18 heavy (non-hydrogen) atoms. The Kier molecular flexibility index (Phi) is 5.41. The predicted molar refractivity (Wildman–Crippen MR) is 81.4 cm³/mol. The van der Waals surface area contributed by atoms with Gasteiger partial charge in [0.1, 0.15) is 10.7 Å². The van der Waals surface area contributed by atoms with Crippen LogP contribution in [0.4, 0.5) is 5.69 Å². The monoisotopic (exact) mass is 266 g/mol. The Morgan fingerprint density at radius 3 is 2.56 bits per heavy atom. The van der Waals surface area contributed by atoms with Gasteiger partial charge in [-0.2, -0.15) is 0 Å². The third-order valence-corrected chi connectivity index (χ3v) is 3.46. The van der Waals surface area contributed by atoms with Crippen LogP contribution in [0.2, 0.25) is 0 Å². The topological polar surface area (TPSA) is 47.3 Å². The number of benzene rings is 1. The molecule has 0 spiro atoms. The van der Waals surface area contributed by atoms with Crippen LogP contribution in [0.3, 0.4) is 0 Å². The molecule has 0 saturated carbocycles. The third-order valence-electron chi connectivity index (χ3n) is 3.24. The van der Waals surface area contributed by atoms with E-state index in [1.165, 1.54) is 0 Å². The zero-order chi connectivity index (χ0) is 13.7. The molecule has 1 aromatic carbocycles. The van der Waals surface area contributed by atoms with E-state index in [4.69, 9.17) is 22.7 Å². The molecule has 1 aromatic rings. The van der Waals surface area contributed by atoms with Crippen LogP contribution < -0.4 is 15.8 Å². The zero-order valence-corrected chi connectivity index (χ0v) is 12.3. The minimum Gasteiger partial charge on any atom is -0.497 e. The summed E-state index contributed by atoms with van der Waals surface area (Å²) in [5, 5.41) is 3.40. The van der Waals surface area contributed by atoms with Gasteiger partial charge >= 0.3 is 0 Å². The molecule has 0 heterocycles. The maximum absolute atomic E-state index is 5.72. The molecule has 1 rings (SSSR count). The molecule has 0 saturated heterocycles. The summed E-state index contributed by atoms with van der Waals surface area (Å²) < 4.78 is 5.22. The molecule has 3 N–H and O–H groups in total. The number of hydrogen-bond acceptors (Lipinski definition) is 3. The van der Waals surface area contributed by atoms with Gasteiger partial charge in [0.05, 0.1) is 7.11 Å². The summed E-state index contributed by atoms with van der Waals surface area (Å²) in [6.07, 6.45) is 0. The fourth-order valence-electron chi connectivity index (χ4n) is 1.52.